The van der Waals surface area contributed by atoms with Gasteiger partial charge in [0.25, 0.3) is 5.91 Å². The number of carbonyl (C=O) groups is 1. The number of carbonyl (C=O) groups excluding carboxylic acids is 1. The zero-order chi connectivity index (χ0) is 15.0. The Morgan fingerprint density at radius 3 is 2.62 bits per heavy atom. The number of rotatable bonds is 2. The minimum atomic E-state index is 0.0985. The first kappa shape index (κ1) is 14.1. The topological polar surface area (TPSA) is 40.8 Å². The molecule has 0 bridgehead atoms. The Bertz CT molecular complexity index is 668. The van der Waals surface area contributed by atoms with Crippen LogP contribution >= 0.6 is 0 Å². The van der Waals surface area contributed by atoms with Gasteiger partial charge in [0.15, 0.2) is 0 Å². The third-order valence-electron chi connectivity index (χ3n) is 4.33. The van der Waals surface area contributed by atoms with Crippen molar-refractivity contribution in [2.75, 3.05) is 32.7 Å². The number of nitrogens with zero attached hydrogens (tertiary/aromatic N) is 4. The number of aromatic nitrogens is 2. The van der Waals surface area contributed by atoms with Crippen LogP contribution < -0.4 is 0 Å². The molecular weight excluding hydrogens is 264 g/mol. The van der Waals surface area contributed by atoms with Crippen LogP contribution in [0.15, 0.2) is 18.3 Å². The minimum absolute atomic E-state index is 0.0985. The fourth-order valence-electron chi connectivity index (χ4n) is 2.99. The molecule has 0 N–H and O–H groups in total. The summed E-state index contributed by atoms with van der Waals surface area (Å²) in [5, 5.41) is 0. The monoisotopic (exact) mass is 286 g/mol. The number of hydrogen-bond donors (Lipinski definition) is 0. The maximum Gasteiger partial charge on any atom is 0.272 e. The van der Waals surface area contributed by atoms with Crippen LogP contribution in [0.25, 0.3) is 5.65 Å². The zero-order valence-corrected chi connectivity index (χ0v) is 13.0. The molecule has 21 heavy (non-hydrogen) atoms. The first-order valence-electron chi connectivity index (χ1n) is 7.57. The molecule has 1 saturated heterocycles. The summed E-state index contributed by atoms with van der Waals surface area (Å²) in [6.45, 7) is 10.7. The SMILES string of the molecule is CCN1CCN(C(=O)c2c(C)nc3c(C)cccn23)CC1. The van der Waals surface area contributed by atoms with Crippen molar-refractivity contribution in [2.24, 2.45) is 0 Å². The molecule has 1 fully saturated rings. The van der Waals surface area contributed by atoms with E-state index >= 15 is 0 Å². The minimum Gasteiger partial charge on any atom is -0.335 e. The van der Waals surface area contributed by atoms with E-state index in [2.05, 4.69) is 16.8 Å². The molecule has 2 aromatic rings. The van der Waals surface area contributed by atoms with Gasteiger partial charge < -0.3 is 9.80 Å². The van der Waals surface area contributed by atoms with Gasteiger partial charge in [-0.25, -0.2) is 4.98 Å². The van der Waals surface area contributed by atoms with Gasteiger partial charge in [0.05, 0.1) is 5.69 Å². The van der Waals surface area contributed by atoms with E-state index in [0.29, 0.717) is 5.69 Å². The Morgan fingerprint density at radius 1 is 1.24 bits per heavy atom. The average molecular weight is 286 g/mol. The second-order valence-corrected chi connectivity index (χ2v) is 5.66. The molecule has 5 heteroatoms. The molecule has 0 aliphatic carbocycles. The van der Waals surface area contributed by atoms with Crippen LogP contribution in [0.5, 0.6) is 0 Å². The molecule has 0 unspecified atom stereocenters. The summed E-state index contributed by atoms with van der Waals surface area (Å²) in [4.78, 5) is 21.7. The molecule has 1 aliphatic rings. The highest BCUT2D eigenvalue weighted by atomic mass is 16.2. The molecule has 0 aromatic carbocycles. The summed E-state index contributed by atoms with van der Waals surface area (Å²) in [5.41, 5.74) is 3.49. The van der Waals surface area contributed by atoms with E-state index in [-0.39, 0.29) is 5.91 Å². The number of pyridine rings is 1. The Hall–Kier alpha value is -1.88. The molecule has 0 saturated carbocycles. The van der Waals surface area contributed by atoms with Gasteiger partial charge >= 0.3 is 0 Å². The van der Waals surface area contributed by atoms with Gasteiger partial charge in [0.2, 0.25) is 0 Å². The average Bonchev–Trinajstić information content (AvgIpc) is 2.84. The molecular formula is C16H22N4O. The van der Waals surface area contributed by atoms with Crippen molar-refractivity contribution in [1.29, 1.82) is 0 Å². The molecule has 5 nitrogen and oxygen atoms in total. The highest BCUT2D eigenvalue weighted by Crippen LogP contribution is 2.18. The Morgan fingerprint density at radius 2 is 1.95 bits per heavy atom. The molecule has 1 aliphatic heterocycles. The van der Waals surface area contributed by atoms with Crippen molar-refractivity contribution in [1.82, 2.24) is 19.2 Å². The van der Waals surface area contributed by atoms with E-state index in [1.165, 1.54) is 0 Å². The predicted molar refractivity (Wildman–Crippen MR) is 82.7 cm³/mol. The highest BCUT2D eigenvalue weighted by Gasteiger charge is 2.25. The van der Waals surface area contributed by atoms with Gasteiger partial charge in [-0.05, 0) is 32.0 Å². The molecule has 0 atom stereocenters. The van der Waals surface area contributed by atoms with Crippen LogP contribution in [0.4, 0.5) is 0 Å². The summed E-state index contributed by atoms with van der Waals surface area (Å²) in [7, 11) is 0. The van der Waals surface area contributed by atoms with Gasteiger partial charge in [-0.1, -0.05) is 13.0 Å². The largest absolute Gasteiger partial charge is 0.335 e. The van der Waals surface area contributed by atoms with E-state index in [1.54, 1.807) is 0 Å². The van der Waals surface area contributed by atoms with E-state index in [4.69, 9.17) is 0 Å². The first-order valence-corrected chi connectivity index (χ1v) is 7.57. The maximum absolute atomic E-state index is 12.8. The van der Waals surface area contributed by atoms with E-state index in [9.17, 15) is 4.79 Å². The van der Waals surface area contributed by atoms with Crippen molar-refractivity contribution in [2.45, 2.75) is 20.8 Å². The van der Waals surface area contributed by atoms with Crippen LogP contribution in [0.2, 0.25) is 0 Å². The predicted octanol–water partition coefficient (Wildman–Crippen LogP) is 1.73. The number of piperazine rings is 1. The zero-order valence-electron chi connectivity index (χ0n) is 13.0. The van der Waals surface area contributed by atoms with Crippen molar-refractivity contribution < 1.29 is 4.79 Å². The molecule has 2 aromatic heterocycles. The van der Waals surface area contributed by atoms with Crippen LogP contribution in [0.1, 0.15) is 28.7 Å². The summed E-state index contributed by atoms with van der Waals surface area (Å²) in [6, 6.07) is 3.99. The molecule has 0 radical (unpaired) electrons. The third kappa shape index (κ3) is 2.42. The molecule has 3 rings (SSSR count). The molecule has 3 heterocycles. The van der Waals surface area contributed by atoms with Crippen molar-refractivity contribution in [3.63, 3.8) is 0 Å². The quantitative estimate of drug-likeness (QED) is 0.844. The lowest BCUT2D eigenvalue weighted by molar-refractivity contribution is 0.0636. The number of hydrogen-bond acceptors (Lipinski definition) is 3. The van der Waals surface area contributed by atoms with Crippen LogP contribution in [0.3, 0.4) is 0 Å². The summed E-state index contributed by atoms with van der Waals surface area (Å²) < 4.78 is 1.93. The second-order valence-electron chi connectivity index (χ2n) is 5.66. The number of amides is 1. The van der Waals surface area contributed by atoms with Crippen LogP contribution in [0, 0.1) is 13.8 Å². The maximum atomic E-state index is 12.8. The summed E-state index contributed by atoms with van der Waals surface area (Å²) in [5.74, 6) is 0.0985. The van der Waals surface area contributed by atoms with Crippen LogP contribution in [-0.2, 0) is 0 Å². The smallest absolute Gasteiger partial charge is 0.272 e. The van der Waals surface area contributed by atoms with Crippen molar-refractivity contribution >= 4 is 11.6 Å². The fourth-order valence-corrected chi connectivity index (χ4v) is 2.99. The van der Waals surface area contributed by atoms with E-state index < -0.39 is 0 Å². The van der Waals surface area contributed by atoms with Crippen molar-refractivity contribution in [3.8, 4) is 0 Å². The molecule has 0 spiro atoms. The number of likely N-dealkylation sites (N-methyl/N-ethyl adjacent to an activating group) is 1. The van der Waals surface area contributed by atoms with Crippen molar-refractivity contribution in [3.05, 3.63) is 35.3 Å². The standard InChI is InChI=1S/C16H22N4O/c1-4-18-8-10-19(11-9-18)16(21)14-13(3)17-15-12(2)6-5-7-20(14)15/h5-7H,4,8-11H2,1-3H3. The number of aryl methyl sites for hydroxylation is 2. The van der Waals surface area contributed by atoms with Gasteiger partial charge in [-0.15, -0.1) is 0 Å². The van der Waals surface area contributed by atoms with Gasteiger partial charge in [0.1, 0.15) is 11.3 Å². The van der Waals surface area contributed by atoms with Gasteiger partial charge in [-0.2, -0.15) is 0 Å². The molecule has 112 valence electrons. The highest BCUT2D eigenvalue weighted by molar-refractivity contribution is 5.95. The first-order chi connectivity index (χ1) is 10.1. The van der Waals surface area contributed by atoms with Crippen LogP contribution in [-0.4, -0.2) is 57.8 Å². The number of fused-ring (bicyclic) bond motifs is 1. The summed E-state index contributed by atoms with van der Waals surface area (Å²) >= 11 is 0. The third-order valence-corrected chi connectivity index (χ3v) is 4.33. The Kier molecular flexibility index (Phi) is 3.68. The lowest BCUT2D eigenvalue weighted by Gasteiger charge is -2.34. The van der Waals surface area contributed by atoms with Gasteiger partial charge in [-0.3, -0.25) is 9.20 Å². The number of imidazole rings is 1. The van der Waals surface area contributed by atoms with E-state index in [0.717, 1.165) is 49.6 Å². The second kappa shape index (κ2) is 5.48. The lowest BCUT2D eigenvalue weighted by atomic mass is 10.2. The Balaban J connectivity index is 1.92. The molecule has 1 amide bonds. The van der Waals surface area contributed by atoms with E-state index in [1.807, 2.05) is 41.5 Å². The normalized spacial score (nSPS) is 16.6. The lowest BCUT2D eigenvalue weighted by Crippen LogP contribution is -2.48. The fraction of sp³-hybridized carbons (Fsp3) is 0.500. The summed E-state index contributed by atoms with van der Waals surface area (Å²) in [6.07, 6.45) is 1.93. The van der Waals surface area contributed by atoms with Gasteiger partial charge in [0, 0.05) is 32.4 Å². The Labute approximate surface area is 125 Å².